The molecular formula is C35H47N3O2. The molecule has 5 heteroatoms. The van der Waals surface area contributed by atoms with Crippen molar-refractivity contribution in [3.63, 3.8) is 0 Å². The average Bonchev–Trinajstić information content (AvgIpc) is 3.50. The maximum absolute atomic E-state index is 14.4. The van der Waals surface area contributed by atoms with Crippen LogP contribution in [0.1, 0.15) is 104 Å². The van der Waals surface area contributed by atoms with Crippen molar-refractivity contribution in [2.75, 3.05) is 0 Å². The van der Waals surface area contributed by atoms with Crippen LogP contribution in [0, 0.1) is 74.9 Å². The van der Waals surface area contributed by atoms with Gasteiger partial charge in [-0.3, -0.25) is 14.2 Å². The van der Waals surface area contributed by atoms with Crippen LogP contribution in [-0.4, -0.2) is 21.2 Å². The number of nitrogens with zero attached hydrogens (tertiary/aromatic N) is 3. The highest BCUT2D eigenvalue weighted by atomic mass is 16.2. The number of Topliss-reactive ketones (excluding diaryl/α,β-unsaturated/α-hetero) is 1. The van der Waals surface area contributed by atoms with E-state index in [-0.39, 0.29) is 45.2 Å². The van der Waals surface area contributed by atoms with Gasteiger partial charge in [-0.25, -0.2) is 4.98 Å². The molecule has 1 heterocycles. The molecule has 0 amide bonds. The van der Waals surface area contributed by atoms with E-state index in [9.17, 15) is 14.9 Å². The second kappa shape index (κ2) is 8.52. The van der Waals surface area contributed by atoms with Crippen LogP contribution in [-0.2, 0) is 4.79 Å². The first-order valence-electron chi connectivity index (χ1n) is 15.6. The third-order valence-corrected chi connectivity index (χ3v) is 14.0. The highest BCUT2D eigenvalue weighted by molar-refractivity contribution is 6.04. The van der Waals surface area contributed by atoms with E-state index in [1.807, 2.05) is 17.7 Å². The first-order chi connectivity index (χ1) is 18.7. The second-order valence-corrected chi connectivity index (χ2v) is 15.6. The first kappa shape index (κ1) is 27.7. The molecule has 1 unspecified atom stereocenters. The highest BCUT2D eigenvalue weighted by Gasteiger charge is 2.72. The van der Waals surface area contributed by atoms with Crippen LogP contribution < -0.4 is 0 Å². The summed E-state index contributed by atoms with van der Waals surface area (Å²) in [6.45, 7) is 20.2. The van der Waals surface area contributed by atoms with Crippen molar-refractivity contribution in [1.29, 1.82) is 5.26 Å². The van der Waals surface area contributed by atoms with E-state index in [2.05, 4.69) is 65.3 Å². The molecule has 4 saturated carbocycles. The number of aryl methyl sites for hydroxylation is 1. The van der Waals surface area contributed by atoms with E-state index in [4.69, 9.17) is 0 Å². The largest absolute Gasteiger partial charge is 0.293 e. The van der Waals surface area contributed by atoms with E-state index >= 15 is 0 Å². The Morgan fingerprint density at radius 3 is 2.38 bits per heavy atom. The van der Waals surface area contributed by atoms with Crippen molar-refractivity contribution >= 4 is 11.7 Å². The molecule has 5 nitrogen and oxygen atoms in total. The molecule has 9 atom stereocenters. The van der Waals surface area contributed by atoms with Crippen LogP contribution in [0.5, 0.6) is 0 Å². The Morgan fingerprint density at radius 1 is 1.02 bits per heavy atom. The average molecular weight is 542 g/mol. The van der Waals surface area contributed by atoms with Crippen LogP contribution >= 0.6 is 0 Å². The van der Waals surface area contributed by atoms with Gasteiger partial charge in [0.25, 0.3) is 0 Å². The topological polar surface area (TPSA) is 75.8 Å². The van der Waals surface area contributed by atoms with Crippen LogP contribution in [0.15, 0.2) is 36.2 Å². The Morgan fingerprint density at radius 2 is 1.75 bits per heavy atom. The summed E-state index contributed by atoms with van der Waals surface area (Å²) in [7, 11) is 0. The molecule has 0 bridgehead atoms. The van der Waals surface area contributed by atoms with Crippen molar-refractivity contribution in [2.24, 2.45) is 56.7 Å². The van der Waals surface area contributed by atoms with Gasteiger partial charge in [-0.05, 0) is 111 Å². The number of aromatic nitrogens is 2. The molecular weight excluding hydrogens is 494 g/mol. The molecule has 4 fully saturated rings. The maximum atomic E-state index is 14.4. The van der Waals surface area contributed by atoms with Crippen molar-refractivity contribution in [1.82, 2.24) is 9.55 Å². The van der Waals surface area contributed by atoms with Gasteiger partial charge in [0, 0.05) is 17.8 Å². The second-order valence-electron chi connectivity index (χ2n) is 15.6. The molecule has 40 heavy (non-hydrogen) atoms. The van der Waals surface area contributed by atoms with E-state index in [0.29, 0.717) is 23.3 Å². The van der Waals surface area contributed by atoms with Gasteiger partial charge in [-0.2, -0.15) is 5.26 Å². The Labute approximate surface area is 240 Å². The van der Waals surface area contributed by atoms with Gasteiger partial charge >= 0.3 is 0 Å². The third kappa shape index (κ3) is 3.17. The number of nitriles is 1. The van der Waals surface area contributed by atoms with Crippen molar-refractivity contribution in [2.45, 2.75) is 99.8 Å². The molecule has 1 aromatic rings. The van der Waals surface area contributed by atoms with Crippen molar-refractivity contribution in [3.05, 3.63) is 42.0 Å². The summed E-state index contributed by atoms with van der Waals surface area (Å²) in [4.78, 5) is 32.1. The minimum Gasteiger partial charge on any atom is -0.293 e. The third-order valence-electron chi connectivity index (χ3n) is 14.0. The fourth-order valence-corrected chi connectivity index (χ4v) is 11.9. The Kier molecular flexibility index (Phi) is 5.90. The number of ketones is 1. The fraction of sp³-hybridized carbons (Fsp3) is 0.714. The van der Waals surface area contributed by atoms with E-state index in [1.165, 1.54) is 5.57 Å². The van der Waals surface area contributed by atoms with Crippen molar-refractivity contribution in [3.8, 4) is 6.07 Å². The SMILES string of the molecule is C=C(C)[C@@H]1CC[C@]2(C(=O)n3ccnc3C)CC[C@]3(C)C(CC[C@@H]4[C@@]5(C)C=C(C#N)C(=O)C(C)(C)[C@@H]5CC[C@]43C)[C@@H]12. The Hall–Kier alpha value is -2.48. The van der Waals surface area contributed by atoms with Gasteiger partial charge in [0.15, 0.2) is 5.78 Å². The molecule has 0 aromatic carbocycles. The lowest BCUT2D eigenvalue weighted by molar-refractivity contribution is -0.214. The molecule has 0 saturated heterocycles. The molecule has 6 rings (SSSR count). The van der Waals surface area contributed by atoms with Crippen LogP contribution in [0.4, 0.5) is 0 Å². The number of carbonyl (C=O) groups excluding carboxylic acids is 2. The van der Waals surface area contributed by atoms with Gasteiger partial charge in [-0.1, -0.05) is 52.8 Å². The standard InChI is InChI=1S/C35H47N3O2/c1-21(2)24-11-14-35(30(40)38-18-17-37-22(38)3)16-15-33(7)25(28(24)35)9-10-27-32(6)19-23(20-36)29(39)31(4,5)26(32)12-13-34(27,33)8/h17-19,24-28H,1,9-16H2,2-8H3/t24-,25?,26-,27+,28+,32-,33+,34+,35-/m0/s1. The summed E-state index contributed by atoms with van der Waals surface area (Å²) in [5.74, 6) is 2.78. The predicted octanol–water partition coefficient (Wildman–Crippen LogP) is 7.73. The number of fused-ring (bicyclic) bond motifs is 7. The zero-order chi connectivity index (χ0) is 29.0. The molecule has 214 valence electrons. The minimum absolute atomic E-state index is 0.0204. The lowest BCUT2D eigenvalue weighted by atomic mass is 9.32. The number of imidazole rings is 1. The van der Waals surface area contributed by atoms with E-state index in [0.717, 1.165) is 57.2 Å². The van der Waals surface area contributed by atoms with Crippen LogP contribution in [0.25, 0.3) is 0 Å². The molecule has 0 N–H and O–H groups in total. The number of carbonyl (C=O) groups is 2. The Bertz CT molecular complexity index is 1380. The summed E-state index contributed by atoms with van der Waals surface area (Å²) in [6, 6.07) is 2.28. The molecule has 0 spiro atoms. The summed E-state index contributed by atoms with van der Waals surface area (Å²) in [5.41, 5.74) is 0.651. The fourth-order valence-electron chi connectivity index (χ4n) is 11.9. The summed E-state index contributed by atoms with van der Waals surface area (Å²) in [5, 5.41) is 9.97. The van der Waals surface area contributed by atoms with Crippen LogP contribution in [0.3, 0.4) is 0 Å². The Balaban J connectivity index is 1.45. The van der Waals surface area contributed by atoms with Gasteiger partial charge in [0.1, 0.15) is 11.9 Å². The minimum atomic E-state index is -0.527. The van der Waals surface area contributed by atoms with Gasteiger partial charge < -0.3 is 0 Å². The van der Waals surface area contributed by atoms with E-state index < -0.39 is 5.41 Å². The van der Waals surface area contributed by atoms with Gasteiger partial charge in [-0.15, -0.1) is 0 Å². The molecule has 1 aromatic heterocycles. The summed E-state index contributed by atoms with van der Waals surface area (Å²) < 4.78 is 1.82. The number of hydrogen-bond acceptors (Lipinski definition) is 4. The van der Waals surface area contributed by atoms with E-state index in [1.54, 1.807) is 6.20 Å². The molecule has 0 radical (unpaired) electrons. The zero-order valence-corrected chi connectivity index (χ0v) is 25.6. The number of rotatable bonds is 2. The summed E-state index contributed by atoms with van der Waals surface area (Å²) in [6.07, 6.45) is 13.9. The predicted molar refractivity (Wildman–Crippen MR) is 156 cm³/mol. The molecule has 0 aliphatic heterocycles. The smallest absolute Gasteiger partial charge is 0.238 e. The first-order valence-corrected chi connectivity index (χ1v) is 15.6. The molecule has 5 aliphatic rings. The van der Waals surface area contributed by atoms with Gasteiger partial charge in [0.05, 0.1) is 11.0 Å². The maximum Gasteiger partial charge on any atom is 0.238 e. The zero-order valence-electron chi connectivity index (χ0n) is 25.6. The monoisotopic (exact) mass is 541 g/mol. The van der Waals surface area contributed by atoms with Crippen LogP contribution in [0.2, 0.25) is 0 Å². The normalized spacial score (nSPS) is 45.3. The highest BCUT2D eigenvalue weighted by Crippen LogP contribution is 2.77. The number of allylic oxidation sites excluding steroid dienone is 3. The molecule has 5 aliphatic carbocycles. The lowest BCUT2D eigenvalue weighted by Crippen LogP contribution is -2.66. The summed E-state index contributed by atoms with van der Waals surface area (Å²) >= 11 is 0. The van der Waals surface area contributed by atoms with Crippen molar-refractivity contribution < 1.29 is 9.59 Å². The quantitative estimate of drug-likeness (QED) is 0.359. The lowest BCUT2D eigenvalue weighted by Gasteiger charge is -2.71. The number of hydrogen-bond donors (Lipinski definition) is 0. The van der Waals surface area contributed by atoms with Gasteiger partial charge in [0.2, 0.25) is 5.91 Å².